The Morgan fingerprint density at radius 2 is 1.34 bits per heavy atom. The first-order valence-electron chi connectivity index (χ1n) is 10.4. The monoisotopic (exact) mass is 496 g/mol. The van der Waals surface area contributed by atoms with E-state index in [1.807, 2.05) is 30.3 Å². The summed E-state index contributed by atoms with van der Waals surface area (Å²) in [7, 11) is -1.19. The number of hydrogen-bond acceptors (Lipinski definition) is 7. The van der Waals surface area contributed by atoms with Crippen LogP contribution in [-0.4, -0.2) is 46.7 Å². The van der Waals surface area contributed by atoms with Gasteiger partial charge in [0.25, 0.3) is 5.91 Å². The Hall–Kier alpha value is -4.18. The molecule has 0 radical (unpaired) electrons. The van der Waals surface area contributed by atoms with Crippen molar-refractivity contribution in [1.82, 2.24) is 0 Å². The molecule has 35 heavy (non-hydrogen) atoms. The Labute approximate surface area is 203 Å². The van der Waals surface area contributed by atoms with Crippen molar-refractivity contribution in [3.05, 3.63) is 95.1 Å². The fourth-order valence-electron chi connectivity index (χ4n) is 3.30. The molecule has 0 fully saturated rings. The molecule has 0 atom stereocenters. The number of nitrogens with zero attached hydrogens (tertiary/aromatic N) is 1. The van der Waals surface area contributed by atoms with Gasteiger partial charge in [-0.1, -0.05) is 30.3 Å². The van der Waals surface area contributed by atoms with E-state index in [1.54, 1.807) is 0 Å². The van der Waals surface area contributed by atoms with Crippen LogP contribution < -0.4 is 9.62 Å². The molecule has 0 aliphatic rings. The molecule has 9 nitrogen and oxygen atoms in total. The topological polar surface area (TPSA) is 119 Å². The number of ether oxygens (including phenoxy) is 2. The Balaban J connectivity index is 1.85. The van der Waals surface area contributed by atoms with Gasteiger partial charge in [-0.2, -0.15) is 0 Å². The zero-order valence-electron chi connectivity index (χ0n) is 19.3. The molecule has 10 heteroatoms. The molecule has 0 aromatic heterocycles. The molecular weight excluding hydrogens is 472 g/mol. The Morgan fingerprint density at radius 1 is 0.800 bits per heavy atom. The fraction of sp³-hybridized carbons (Fsp3) is 0.160. The van der Waals surface area contributed by atoms with Gasteiger partial charge in [0, 0.05) is 11.3 Å². The molecule has 0 saturated carbocycles. The maximum Gasteiger partial charge on any atom is 0.337 e. The minimum Gasteiger partial charge on any atom is -0.465 e. The van der Waals surface area contributed by atoms with Crippen LogP contribution in [0.1, 0.15) is 36.6 Å². The molecule has 3 aromatic carbocycles. The summed E-state index contributed by atoms with van der Waals surface area (Å²) >= 11 is 0. The van der Waals surface area contributed by atoms with Crippen LogP contribution >= 0.6 is 0 Å². The summed E-state index contributed by atoms with van der Waals surface area (Å²) in [6, 6.07) is 19.2. The summed E-state index contributed by atoms with van der Waals surface area (Å²) in [5, 5.41) is 2.63. The van der Waals surface area contributed by atoms with Gasteiger partial charge in [-0.25, -0.2) is 18.0 Å². The van der Waals surface area contributed by atoms with Crippen LogP contribution in [0, 0.1) is 0 Å². The van der Waals surface area contributed by atoms with Gasteiger partial charge in [-0.15, -0.1) is 0 Å². The number of nitrogens with one attached hydrogen (secondary N) is 1. The zero-order chi connectivity index (χ0) is 25.6. The number of carbonyl (C=O) groups is 3. The standard InChI is InChI=1S/C25H24N2O7S/c1-33-24(29)19-13-20(25(30)34-2)15-21(14-19)26-23(28)18-9-11-22(12-10-18)27(35(3,31)32)16-17-7-5-4-6-8-17/h4-15H,16H2,1-3H3,(H,26,28). The summed E-state index contributed by atoms with van der Waals surface area (Å²) in [6.07, 6.45) is 1.11. The molecule has 0 spiro atoms. The molecule has 1 amide bonds. The second-order valence-electron chi connectivity index (χ2n) is 7.54. The smallest absolute Gasteiger partial charge is 0.337 e. The van der Waals surface area contributed by atoms with Gasteiger partial charge in [0.05, 0.1) is 43.8 Å². The normalized spacial score (nSPS) is 10.8. The van der Waals surface area contributed by atoms with E-state index < -0.39 is 27.9 Å². The van der Waals surface area contributed by atoms with Crippen molar-refractivity contribution < 1.29 is 32.3 Å². The van der Waals surface area contributed by atoms with Gasteiger partial charge in [0.1, 0.15) is 0 Å². The molecule has 0 unspecified atom stereocenters. The molecule has 182 valence electrons. The first-order chi connectivity index (χ1) is 16.6. The Bertz CT molecular complexity index is 1300. The number of anilines is 2. The largest absolute Gasteiger partial charge is 0.465 e. The van der Waals surface area contributed by atoms with Crippen molar-refractivity contribution in [2.45, 2.75) is 6.54 Å². The van der Waals surface area contributed by atoms with Crippen molar-refractivity contribution in [2.75, 3.05) is 30.1 Å². The van der Waals surface area contributed by atoms with Crippen LogP contribution in [0.3, 0.4) is 0 Å². The number of sulfonamides is 1. The highest BCUT2D eigenvalue weighted by atomic mass is 32.2. The predicted molar refractivity (Wildman–Crippen MR) is 131 cm³/mol. The minimum absolute atomic E-state index is 0.0609. The number of carbonyl (C=O) groups excluding carboxylic acids is 3. The number of amides is 1. The van der Waals surface area contributed by atoms with Crippen molar-refractivity contribution in [3.8, 4) is 0 Å². The summed E-state index contributed by atoms with van der Waals surface area (Å²) in [4.78, 5) is 36.7. The molecule has 0 aliphatic carbocycles. The minimum atomic E-state index is -3.58. The highest BCUT2D eigenvalue weighted by Crippen LogP contribution is 2.23. The number of methoxy groups -OCH3 is 2. The molecule has 0 bridgehead atoms. The predicted octanol–water partition coefficient (Wildman–Crippen LogP) is 3.48. The van der Waals surface area contributed by atoms with E-state index in [4.69, 9.17) is 9.47 Å². The third kappa shape index (κ3) is 6.45. The summed E-state index contributed by atoms with van der Waals surface area (Å²) in [5.41, 5.74) is 1.76. The highest BCUT2D eigenvalue weighted by molar-refractivity contribution is 7.92. The molecule has 3 aromatic rings. The van der Waals surface area contributed by atoms with E-state index in [0.29, 0.717) is 5.69 Å². The van der Waals surface area contributed by atoms with E-state index in [-0.39, 0.29) is 28.9 Å². The first-order valence-corrected chi connectivity index (χ1v) is 12.2. The Kier molecular flexibility index (Phi) is 7.87. The van der Waals surface area contributed by atoms with Crippen LogP contribution in [0.4, 0.5) is 11.4 Å². The van der Waals surface area contributed by atoms with Crippen molar-refractivity contribution in [3.63, 3.8) is 0 Å². The van der Waals surface area contributed by atoms with Gasteiger partial charge >= 0.3 is 11.9 Å². The quantitative estimate of drug-likeness (QED) is 0.474. The highest BCUT2D eigenvalue weighted by Gasteiger charge is 2.19. The van der Waals surface area contributed by atoms with Crippen molar-refractivity contribution in [2.24, 2.45) is 0 Å². The molecule has 1 N–H and O–H groups in total. The van der Waals surface area contributed by atoms with Crippen molar-refractivity contribution in [1.29, 1.82) is 0 Å². The van der Waals surface area contributed by atoms with Gasteiger partial charge in [0.15, 0.2) is 0 Å². The summed E-state index contributed by atoms with van der Waals surface area (Å²) < 4.78 is 35.4. The Morgan fingerprint density at radius 3 is 1.83 bits per heavy atom. The second kappa shape index (κ2) is 10.8. The number of benzene rings is 3. The zero-order valence-corrected chi connectivity index (χ0v) is 20.2. The third-order valence-electron chi connectivity index (χ3n) is 5.02. The van der Waals surface area contributed by atoms with E-state index in [0.717, 1.165) is 11.8 Å². The number of hydrogen-bond donors (Lipinski definition) is 1. The molecular formula is C25H24N2O7S. The van der Waals surface area contributed by atoms with Crippen LogP contribution in [0.25, 0.3) is 0 Å². The average molecular weight is 497 g/mol. The van der Waals surface area contributed by atoms with Gasteiger partial charge < -0.3 is 14.8 Å². The maximum absolute atomic E-state index is 12.8. The lowest BCUT2D eigenvalue weighted by Gasteiger charge is -2.22. The van der Waals surface area contributed by atoms with Crippen LogP contribution in [0.15, 0.2) is 72.8 Å². The van der Waals surface area contributed by atoms with Crippen LogP contribution in [0.5, 0.6) is 0 Å². The lowest BCUT2D eigenvalue weighted by atomic mass is 10.1. The molecule has 3 rings (SSSR count). The lowest BCUT2D eigenvalue weighted by molar-refractivity contribution is 0.0598. The van der Waals surface area contributed by atoms with Gasteiger partial charge in [-0.05, 0) is 48.0 Å². The van der Waals surface area contributed by atoms with E-state index in [2.05, 4.69) is 5.32 Å². The lowest BCUT2D eigenvalue weighted by Crippen LogP contribution is -2.29. The molecule has 0 aliphatic heterocycles. The second-order valence-corrected chi connectivity index (χ2v) is 9.45. The number of rotatable bonds is 8. The molecule has 0 heterocycles. The molecule has 0 saturated heterocycles. The third-order valence-corrected chi connectivity index (χ3v) is 6.16. The van der Waals surface area contributed by atoms with Crippen LogP contribution in [-0.2, 0) is 26.0 Å². The van der Waals surface area contributed by atoms with Crippen LogP contribution in [0.2, 0.25) is 0 Å². The van der Waals surface area contributed by atoms with E-state index >= 15 is 0 Å². The van der Waals surface area contributed by atoms with E-state index in [1.165, 1.54) is 61.0 Å². The van der Waals surface area contributed by atoms with Crippen molar-refractivity contribution >= 4 is 39.2 Å². The SMILES string of the molecule is COC(=O)c1cc(NC(=O)c2ccc(N(Cc3ccccc3)S(C)(=O)=O)cc2)cc(C(=O)OC)c1. The van der Waals surface area contributed by atoms with E-state index in [9.17, 15) is 22.8 Å². The summed E-state index contributed by atoms with van der Waals surface area (Å²) in [5.74, 6) is -1.90. The average Bonchev–Trinajstić information content (AvgIpc) is 2.86. The first kappa shape index (κ1) is 25.4. The summed E-state index contributed by atoms with van der Waals surface area (Å²) in [6.45, 7) is 0.141. The van der Waals surface area contributed by atoms with Gasteiger partial charge in [-0.3, -0.25) is 9.10 Å². The van der Waals surface area contributed by atoms with Gasteiger partial charge in [0.2, 0.25) is 10.0 Å². The fourth-order valence-corrected chi connectivity index (χ4v) is 4.19. The maximum atomic E-state index is 12.8. The number of esters is 2.